The molecule has 1 unspecified atom stereocenters. The van der Waals surface area contributed by atoms with Crippen LogP contribution in [0.1, 0.15) is 69.5 Å². The molecule has 1 atom stereocenters. The zero-order chi connectivity index (χ0) is 22.4. The lowest BCUT2D eigenvalue weighted by atomic mass is 9.94. The highest BCUT2D eigenvalue weighted by atomic mass is 16.3. The van der Waals surface area contributed by atoms with Crippen LogP contribution in [0.25, 0.3) is 16.7 Å². The molecular formula is C25H32N4O2. The largest absolute Gasteiger partial charge is 0.505 e. The molecule has 164 valence electrons. The molecule has 2 aromatic carbocycles. The maximum absolute atomic E-state index is 12.5. The molecule has 3 rings (SSSR count). The summed E-state index contributed by atoms with van der Waals surface area (Å²) >= 11 is 0. The Bertz CT molecular complexity index is 1040. The molecule has 0 fully saturated rings. The molecule has 0 aliphatic carbocycles. The number of hydrogen-bond acceptors (Lipinski definition) is 5. The zero-order valence-electron chi connectivity index (χ0n) is 18.5. The quantitative estimate of drug-likeness (QED) is 0.329. The summed E-state index contributed by atoms with van der Waals surface area (Å²) in [7, 11) is 0. The van der Waals surface area contributed by atoms with E-state index in [2.05, 4.69) is 23.7 Å². The van der Waals surface area contributed by atoms with Gasteiger partial charge in [-0.15, -0.1) is 15.0 Å². The highest BCUT2D eigenvalue weighted by Crippen LogP contribution is 2.33. The predicted octanol–water partition coefficient (Wildman–Crippen LogP) is 5.17. The second kappa shape index (κ2) is 10.4. The smallest absolute Gasteiger partial charge is 0.179 e. The molecule has 0 saturated heterocycles. The number of phenols is 1. The van der Waals surface area contributed by atoms with Gasteiger partial charge in [0.1, 0.15) is 22.5 Å². The number of ketones is 1. The number of hydrogen-bond donors (Lipinski definition) is 2. The number of carbonyl (C=O) groups is 1. The third-order valence-electron chi connectivity index (χ3n) is 5.54. The molecule has 1 aromatic heterocycles. The molecule has 3 N–H and O–H groups in total. The number of aromatic hydroxyl groups is 1. The first-order chi connectivity index (χ1) is 14.9. The fraction of sp³-hybridized carbons (Fsp3) is 0.400. The van der Waals surface area contributed by atoms with Crippen LogP contribution < -0.4 is 5.73 Å². The van der Waals surface area contributed by atoms with Crippen molar-refractivity contribution in [3.05, 3.63) is 59.7 Å². The predicted molar refractivity (Wildman–Crippen MR) is 124 cm³/mol. The van der Waals surface area contributed by atoms with Gasteiger partial charge >= 0.3 is 0 Å². The van der Waals surface area contributed by atoms with Crippen molar-refractivity contribution < 1.29 is 9.90 Å². The summed E-state index contributed by atoms with van der Waals surface area (Å²) in [6.45, 7) is 7.54. The van der Waals surface area contributed by atoms with Crippen molar-refractivity contribution in [1.82, 2.24) is 15.0 Å². The number of fused-ring (bicyclic) bond motifs is 1. The minimum absolute atomic E-state index is 0.0749. The van der Waals surface area contributed by atoms with Gasteiger partial charge in [-0.2, -0.15) is 0 Å². The average molecular weight is 421 g/mol. The molecule has 6 heteroatoms. The van der Waals surface area contributed by atoms with Crippen LogP contribution in [-0.4, -0.2) is 25.9 Å². The number of phenolic OH excluding ortho intramolecular Hbond substituents is 1. The van der Waals surface area contributed by atoms with E-state index in [-0.39, 0.29) is 11.5 Å². The van der Waals surface area contributed by atoms with E-state index in [4.69, 9.17) is 5.73 Å². The van der Waals surface area contributed by atoms with Gasteiger partial charge in [-0.25, -0.2) is 0 Å². The Balaban J connectivity index is 1.95. The minimum atomic E-state index is -0.981. The molecular weight excluding hydrogens is 388 g/mol. The van der Waals surface area contributed by atoms with E-state index >= 15 is 0 Å². The number of carbonyl (C=O) groups excluding carboxylic acids is 1. The molecule has 6 nitrogen and oxygen atoms in total. The van der Waals surface area contributed by atoms with Crippen molar-refractivity contribution in [2.45, 2.75) is 64.8 Å². The van der Waals surface area contributed by atoms with Gasteiger partial charge in [-0.3, -0.25) is 4.79 Å². The molecule has 0 aliphatic rings. The van der Waals surface area contributed by atoms with Crippen molar-refractivity contribution in [2.75, 3.05) is 0 Å². The minimum Gasteiger partial charge on any atom is -0.505 e. The lowest BCUT2D eigenvalue weighted by molar-refractivity contribution is -0.116. The Hall–Kier alpha value is -2.99. The number of aryl methyl sites for hydroxylation is 1. The summed E-state index contributed by atoms with van der Waals surface area (Å²) < 4.78 is 0. The lowest BCUT2D eigenvalue weighted by Gasteiger charge is -2.17. The van der Waals surface area contributed by atoms with Gasteiger partial charge in [0.25, 0.3) is 0 Å². The van der Waals surface area contributed by atoms with Crippen LogP contribution in [0.2, 0.25) is 0 Å². The van der Waals surface area contributed by atoms with Crippen molar-refractivity contribution in [2.24, 2.45) is 5.73 Å². The normalized spacial score (nSPS) is 12.2. The lowest BCUT2D eigenvalue weighted by Crippen LogP contribution is -2.22. The second-order valence-corrected chi connectivity index (χ2v) is 8.17. The van der Waals surface area contributed by atoms with Gasteiger partial charge in [0, 0.05) is 5.56 Å². The summed E-state index contributed by atoms with van der Waals surface area (Å²) in [6.07, 6.45) is 7.98. The Morgan fingerprint density at radius 2 is 1.71 bits per heavy atom. The monoisotopic (exact) mass is 420 g/mol. The standard InChI is InChI=1S/C25H32N4O2/c1-4-5-6-7-8-9-12-18-15-19(23(26)24(30)17(2)3)25(31)22(16-18)29-27-20-13-10-11-14-21(20)28-29/h10-11,13-16,23,31H,2,4-9,12,26H2,1,3H3. The molecule has 31 heavy (non-hydrogen) atoms. The third kappa shape index (κ3) is 5.39. The van der Waals surface area contributed by atoms with Gasteiger partial charge in [0.15, 0.2) is 5.78 Å². The topological polar surface area (TPSA) is 94.0 Å². The van der Waals surface area contributed by atoms with Crippen LogP contribution in [0.5, 0.6) is 5.75 Å². The molecule has 0 spiro atoms. The van der Waals surface area contributed by atoms with Gasteiger partial charge < -0.3 is 10.8 Å². The molecule has 0 amide bonds. The molecule has 0 aliphatic heterocycles. The Labute approximate surface area is 183 Å². The summed E-state index contributed by atoms with van der Waals surface area (Å²) in [5.41, 5.74) is 9.85. The highest BCUT2D eigenvalue weighted by Gasteiger charge is 2.24. The van der Waals surface area contributed by atoms with E-state index in [0.717, 1.165) is 35.9 Å². The number of unbranched alkanes of at least 4 members (excludes halogenated alkanes) is 5. The zero-order valence-corrected chi connectivity index (χ0v) is 18.5. The van der Waals surface area contributed by atoms with Crippen LogP contribution >= 0.6 is 0 Å². The first-order valence-electron chi connectivity index (χ1n) is 11.1. The summed E-state index contributed by atoms with van der Waals surface area (Å²) in [6, 6.07) is 10.3. The number of nitrogens with two attached hydrogens (primary N) is 1. The van der Waals surface area contributed by atoms with Gasteiger partial charge in [0.2, 0.25) is 0 Å². The van der Waals surface area contributed by atoms with Gasteiger partial charge in [-0.05, 0) is 55.2 Å². The van der Waals surface area contributed by atoms with Crippen LogP contribution in [0.3, 0.4) is 0 Å². The first kappa shape index (κ1) is 22.7. The van der Waals surface area contributed by atoms with E-state index in [1.807, 2.05) is 36.4 Å². The third-order valence-corrected chi connectivity index (χ3v) is 5.54. The van der Waals surface area contributed by atoms with Crippen molar-refractivity contribution in [3.63, 3.8) is 0 Å². The molecule has 1 heterocycles. The van der Waals surface area contributed by atoms with Gasteiger partial charge in [-0.1, -0.05) is 57.7 Å². The molecule has 3 aromatic rings. The maximum atomic E-state index is 12.5. The number of benzene rings is 2. The Morgan fingerprint density at radius 3 is 2.32 bits per heavy atom. The molecule has 0 saturated carbocycles. The Kier molecular flexibility index (Phi) is 7.58. The van der Waals surface area contributed by atoms with Crippen molar-refractivity contribution >= 4 is 16.8 Å². The summed E-state index contributed by atoms with van der Waals surface area (Å²) in [5, 5.41) is 20.0. The maximum Gasteiger partial charge on any atom is 0.179 e. The average Bonchev–Trinajstić information content (AvgIpc) is 3.20. The van der Waals surface area contributed by atoms with E-state index in [1.165, 1.54) is 30.5 Å². The van der Waals surface area contributed by atoms with Gasteiger partial charge in [0.05, 0.1) is 6.04 Å². The Morgan fingerprint density at radius 1 is 1.10 bits per heavy atom. The van der Waals surface area contributed by atoms with E-state index < -0.39 is 6.04 Å². The van der Waals surface area contributed by atoms with E-state index in [9.17, 15) is 9.90 Å². The fourth-order valence-corrected chi connectivity index (χ4v) is 3.72. The van der Waals surface area contributed by atoms with Crippen LogP contribution in [0.4, 0.5) is 0 Å². The summed E-state index contributed by atoms with van der Waals surface area (Å²) in [5.74, 6) is -0.370. The van der Waals surface area contributed by atoms with Crippen LogP contribution in [0, 0.1) is 0 Å². The number of Topliss-reactive ketones (excluding diaryl/α,β-unsaturated/α-hetero) is 1. The number of nitrogens with zero attached hydrogens (tertiary/aromatic N) is 3. The van der Waals surface area contributed by atoms with E-state index in [1.54, 1.807) is 6.92 Å². The van der Waals surface area contributed by atoms with Crippen molar-refractivity contribution in [3.8, 4) is 11.4 Å². The van der Waals surface area contributed by atoms with Crippen LogP contribution in [0.15, 0.2) is 48.6 Å². The number of aromatic nitrogens is 3. The first-order valence-corrected chi connectivity index (χ1v) is 11.1. The van der Waals surface area contributed by atoms with E-state index in [0.29, 0.717) is 16.8 Å². The fourth-order valence-electron chi connectivity index (χ4n) is 3.72. The highest BCUT2D eigenvalue weighted by molar-refractivity contribution is 5.99. The SMILES string of the molecule is C=C(C)C(=O)C(N)c1cc(CCCCCCCC)cc(-n2nc3ccccc3n2)c1O. The summed E-state index contributed by atoms with van der Waals surface area (Å²) in [4.78, 5) is 13.9. The van der Waals surface area contributed by atoms with Crippen molar-refractivity contribution in [1.29, 1.82) is 0 Å². The number of rotatable bonds is 11. The molecule has 0 bridgehead atoms. The molecule has 0 radical (unpaired) electrons. The van der Waals surface area contributed by atoms with Crippen LogP contribution in [-0.2, 0) is 11.2 Å². The second-order valence-electron chi connectivity index (χ2n) is 8.17.